The van der Waals surface area contributed by atoms with Crippen LogP contribution in [-0.4, -0.2) is 30.0 Å². The van der Waals surface area contributed by atoms with Gasteiger partial charge in [0.15, 0.2) is 0 Å². The van der Waals surface area contributed by atoms with Crippen LogP contribution >= 0.6 is 0 Å². The van der Waals surface area contributed by atoms with Gasteiger partial charge in [0.05, 0.1) is 19.8 Å². The molecule has 1 aromatic rings. The smallest absolute Gasteiger partial charge is 0.122 e. The monoisotopic (exact) mass is 266 g/mol. The van der Waals surface area contributed by atoms with E-state index >= 15 is 0 Å². The van der Waals surface area contributed by atoms with Crippen molar-refractivity contribution < 1.29 is 14.9 Å². The van der Waals surface area contributed by atoms with Crippen molar-refractivity contribution in [1.29, 1.82) is 0 Å². The summed E-state index contributed by atoms with van der Waals surface area (Å²) in [5.74, 6) is 1.10. The zero-order valence-corrected chi connectivity index (χ0v) is 12.6. The van der Waals surface area contributed by atoms with Crippen LogP contribution in [0.2, 0.25) is 0 Å². The number of aliphatic hydroxyl groups excluding tert-OH is 2. The molecule has 2 atom stereocenters. The second-order valence-electron chi connectivity index (χ2n) is 6.18. The van der Waals surface area contributed by atoms with Gasteiger partial charge < -0.3 is 14.9 Å². The van der Waals surface area contributed by atoms with E-state index in [0.717, 1.165) is 11.3 Å². The number of ether oxygens (including phenoxy) is 1. The lowest BCUT2D eigenvalue weighted by molar-refractivity contribution is 0.0835. The fraction of sp³-hybridized carbons (Fsp3) is 0.625. The van der Waals surface area contributed by atoms with Gasteiger partial charge in [0, 0.05) is 0 Å². The molecule has 0 aliphatic rings. The van der Waals surface area contributed by atoms with Crippen LogP contribution in [0.4, 0.5) is 0 Å². The number of rotatable bonds is 5. The molecule has 19 heavy (non-hydrogen) atoms. The molecule has 1 rings (SSSR count). The van der Waals surface area contributed by atoms with Crippen LogP contribution in [0.15, 0.2) is 18.2 Å². The summed E-state index contributed by atoms with van der Waals surface area (Å²) in [6.45, 7) is 8.34. The molecule has 0 spiro atoms. The maximum Gasteiger partial charge on any atom is 0.122 e. The van der Waals surface area contributed by atoms with E-state index in [9.17, 15) is 5.11 Å². The van der Waals surface area contributed by atoms with E-state index in [4.69, 9.17) is 9.84 Å². The zero-order chi connectivity index (χ0) is 14.6. The summed E-state index contributed by atoms with van der Waals surface area (Å²) in [6, 6.07) is 6.16. The largest absolute Gasteiger partial charge is 0.496 e. The Kier molecular flexibility index (Phi) is 5.39. The summed E-state index contributed by atoms with van der Waals surface area (Å²) in [7, 11) is 1.68. The topological polar surface area (TPSA) is 49.7 Å². The van der Waals surface area contributed by atoms with Gasteiger partial charge in [0.25, 0.3) is 0 Å². The minimum Gasteiger partial charge on any atom is -0.496 e. The summed E-state index contributed by atoms with van der Waals surface area (Å²) in [6.07, 6.45) is -0.0953. The molecule has 108 valence electrons. The third-order valence-corrected chi connectivity index (χ3v) is 3.44. The second kappa shape index (κ2) is 6.40. The highest BCUT2D eigenvalue weighted by Crippen LogP contribution is 2.34. The van der Waals surface area contributed by atoms with Crippen molar-refractivity contribution in [3.05, 3.63) is 29.3 Å². The minimum atomic E-state index is -0.657. The van der Waals surface area contributed by atoms with Crippen molar-refractivity contribution in [2.75, 3.05) is 13.7 Å². The van der Waals surface area contributed by atoms with Crippen molar-refractivity contribution in [1.82, 2.24) is 0 Å². The third kappa shape index (κ3) is 4.22. The molecular formula is C16H26O3. The van der Waals surface area contributed by atoms with Gasteiger partial charge in [0.2, 0.25) is 0 Å². The van der Waals surface area contributed by atoms with Gasteiger partial charge in [-0.15, -0.1) is 0 Å². The Morgan fingerprint density at radius 1 is 1.26 bits per heavy atom. The molecule has 2 N–H and O–H groups in total. The fourth-order valence-corrected chi connectivity index (χ4v) is 2.24. The van der Waals surface area contributed by atoms with Crippen LogP contribution in [0, 0.1) is 0 Å². The SMILES string of the molecule is COc1ccc(C(C)CC(O)CO)cc1C(C)(C)C. The van der Waals surface area contributed by atoms with Crippen molar-refractivity contribution in [3.63, 3.8) is 0 Å². The molecule has 3 nitrogen and oxygen atoms in total. The highest BCUT2D eigenvalue weighted by Gasteiger charge is 2.21. The van der Waals surface area contributed by atoms with Crippen molar-refractivity contribution >= 4 is 0 Å². The molecule has 0 radical (unpaired) electrons. The molecule has 2 unspecified atom stereocenters. The summed E-state index contributed by atoms with van der Waals surface area (Å²) in [5, 5.41) is 18.5. The summed E-state index contributed by atoms with van der Waals surface area (Å²) in [5.41, 5.74) is 2.34. The molecule has 0 heterocycles. The Morgan fingerprint density at radius 2 is 1.89 bits per heavy atom. The maximum atomic E-state index is 9.54. The van der Waals surface area contributed by atoms with Gasteiger partial charge in [-0.1, -0.05) is 39.8 Å². The first-order valence-corrected chi connectivity index (χ1v) is 6.77. The molecule has 1 aromatic carbocycles. The summed E-state index contributed by atoms with van der Waals surface area (Å²) >= 11 is 0. The molecule has 0 aliphatic heterocycles. The Labute approximate surface area is 116 Å². The van der Waals surface area contributed by atoms with Gasteiger partial charge >= 0.3 is 0 Å². The van der Waals surface area contributed by atoms with Crippen molar-refractivity contribution in [2.24, 2.45) is 0 Å². The molecule has 0 saturated heterocycles. The Balaban J connectivity index is 3.04. The van der Waals surface area contributed by atoms with Gasteiger partial charge in [-0.05, 0) is 34.9 Å². The first-order chi connectivity index (χ1) is 8.79. The normalized spacial score (nSPS) is 15.1. The predicted molar refractivity (Wildman–Crippen MR) is 77.8 cm³/mol. The molecular weight excluding hydrogens is 240 g/mol. The first kappa shape index (κ1) is 16.0. The zero-order valence-electron chi connectivity index (χ0n) is 12.6. The predicted octanol–water partition coefficient (Wildman–Crippen LogP) is 2.84. The van der Waals surface area contributed by atoms with E-state index in [1.165, 1.54) is 5.56 Å². The van der Waals surface area contributed by atoms with Gasteiger partial charge in [-0.3, -0.25) is 0 Å². The lowest BCUT2D eigenvalue weighted by Crippen LogP contribution is -2.16. The van der Waals surface area contributed by atoms with Crippen molar-refractivity contribution in [2.45, 2.75) is 51.6 Å². The van der Waals surface area contributed by atoms with E-state index in [1.54, 1.807) is 7.11 Å². The lowest BCUT2D eigenvalue weighted by Gasteiger charge is -2.24. The quantitative estimate of drug-likeness (QED) is 0.861. The highest BCUT2D eigenvalue weighted by atomic mass is 16.5. The molecule has 3 heteroatoms. The van der Waals surface area contributed by atoms with E-state index < -0.39 is 6.10 Å². The van der Waals surface area contributed by atoms with Crippen LogP contribution in [0.25, 0.3) is 0 Å². The van der Waals surface area contributed by atoms with Gasteiger partial charge in [0.1, 0.15) is 5.75 Å². The van der Waals surface area contributed by atoms with E-state index in [0.29, 0.717) is 6.42 Å². The molecule has 0 aliphatic carbocycles. The van der Waals surface area contributed by atoms with Crippen molar-refractivity contribution in [3.8, 4) is 5.75 Å². The van der Waals surface area contributed by atoms with Crippen LogP contribution in [-0.2, 0) is 5.41 Å². The standard InChI is InChI=1S/C16H26O3/c1-11(8-13(18)10-17)12-6-7-15(19-5)14(9-12)16(2,3)4/h6-7,9,11,13,17-18H,8,10H2,1-5H3. The van der Waals surface area contributed by atoms with E-state index in [2.05, 4.69) is 33.8 Å². The first-order valence-electron chi connectivity index (χ1n) is 6.77. The third-order valence-electron chi connectivity index (χ3n) is 3.44. The minimum absolute atomic E-state index is 0.0106. The molecule has 0 saturated carbocycles. The number of hydrogen-bond donors (Lipinski definition) is 2. The Hall–Kier alpha value is -1.06. The molecule has 0 bridgehead atoms. The summed E-state index contributed by atoms with van der Waals surface area (Å²) in [4.78, 5) is 0. The molecule has 0 amide bonds. The van der Waals surface area contributed by atoms with Gasteiger partial charge in [-0.25, -0.2) is 0 Å². The number of methoxy groups -OCH3 is 1. The van der Waals surface area contributed by atoms with Crippen LogP contribution in [0.5, 0.6) is 5.75 Å². The summed E-state index contributed by atoms with van der Waals surface area (Å²) < 4.78 is 5.42. The number of benzene rings is 1. The second-order valence-corrected chi connectivity index (χ2v) is 6.18. The Bertz CT molecular complexity index is 407. The number of hydrogen-bond acceptors (Lipinski definition) is 3. The fourth-order valence-electron chi connectivity index (χ4n) is 2.24. The number of aliphatic hydroxyl groups is 2. The highest BCUT2D eigenvalue weighted by molar-refractivity contribution is 5.42. The maximum absolute atomic E-state index is 9.54. The molecule has 0 fully saturated rings. The van der Waals surface area contributed by atoms with Gasteiger partial charge in [-0.2, -0.15) is 0 Å². The van der Waals surface area contributed by atoms with Crippen LogP contribution in [0.3, 0.4) is 0 Å². The average Bonchev–Trinajstić information content (AvgIpc) is 2.36. The Morgan fingerprint density at radius 3 is 2.37 bits per heavy atom. The molecule has 0 aromatic heterocycles. The lowest BCUT2D eigenvalue weighted by atomic mass is 9.83. The van der Waals surface area contributed by atoms with E-state index in [1.807, 2.05) is 12.1 Å². The average molecular weight is 266 g/mol. The van der Waals surface area contributed by atoms with Crippen LogP contribution in [0.1, 0.15) is 51.2 Å². The van der Waals surface area contributed by atoms with E-state index in [-0.39, 0.29) is 17.9 Å². The van der Waals surface area contributed by atoms with Crippen LogP contribution < -0.4 is 4.74 Å².